The van der Waals surface area contributed by atoms with Gasteiger partial charge in [0.2, 0.25) is 5.91 Å². The molecule has 1 fully saturated rings. The quantitative estimate of drug-likeness (QED) is 0.794. The van der Waals surface area contributed by atoms with E-state index in [4.69, 9.17) is 13.6 Å². The number of ether oxygens (including phenoxy) is 1. The molecule has 0 saturated carbocycles. The molecule has 112 valence electrons. The highest BCUT2D eigenvalue weighted by atomic mass is 32.2. The molecular weight excluding hydrogens is 294 g/mol. The van der Waals surface area contributed by atoms with Gasteiger partial charge in [-0.05, 0) is 19.1 Å². The molecule has 1 saturated heterocycles. The van der Waals surface area contributed by atoms with Crippen LogP contribution in [0.3, 0.4) is 0 Å². The fourth-order valence-corrected chi connectivity index (χ4v) is 2.69. The van der Waals surface area contributed by atoms with E-state index < -0.39 is 0 Å². The van der Waals surface area contributed by atoms with Crippen molar-refractivity contribution in [1.82, 2.24) is 15.1 Å². The Morgan fingerprint density at radius 3 is 3.19 bits per heavy atom. The minimum atomic E-state index is 0.0490. The summed E-state index contributed by atoms with van der Waals surface area (Å²) in [4.78, 5) is 13.9. The predicted molar refractivity (Wildman–Crippen MR) is 74.7 cm³/mol. The highest BCUT2D eigenvalue weighted by molar-refractivity contribution is 7.99. The molecule has 1 atom stereocenters. The number of hydrogen-bond donors (Lipinski definition) is 0. The predicted octanol–water partition coefficient (Wildman–Crippen LogP) is 1.67. The van der Waals surface area contributed by atoms with E-state index in [1.807, 2.05) is 6.92 Å². The molecule has 0 N–H and O–H groups in total. The van der Waals surface area contributed by atoms with Crippen molar-refractivity contribution >= 4 is 17.7 Å². The standard InChI is InChI=1S/C13H15N3O4S/c1-9-7-16(4-6-18-9)11(17)8-21-13-15-14-12(20-13)10-3-2-5-19-10/h2-3,5,9H,4,6-8H2,1H3. The number of carbonyl (C=O) groups excluding carboxylic acids is 1. The van der Waals surface area contributed by atoms with Crippen LogP contribution in [0.1, 0.15) is 6.92 Å². The molecule has 1 aliphatic rings. The Hall–Kier alpha value is -1.80. The molecule has 1 amide bonds. The monoisotopic (exact) mass is 309 g/mol. The zero-order chi connectivity index (χ0) is 14.7. The summed E-state index contributed by atoms with van der Waals surface area (Å²) in [6.45, 7) is 3.80. The van der Waals surface area contributed by atoms with Gasteiger partial charge in [-0.3, -0.25) is 4.79 Å². The number of thioether (sulfide) groups is 1. The highest BCUT2D eigenvalue weighted by Crippen LogP contribution is 2.23. The molecule has 1 unspecified atom stereocenters. The first kappa shape index (κ1) is 14.2. The second-order valence-corrected chi connectivity index (χ2v) is 5.59. The zero-order valence-electron chi connectivity index (χ0n) is 11.5. The molecule has 21 heavy (non-hydrogen) atoms. The summed E-state index contributed by atoms with van der Waals surface area (Å²) in [5, 5.41) is 8.14. The first-order chi connectivity index (χ1) is 10.2. The van der Waals surface area contributed by atoms with Gasteiger partial charge in [0.1, 0.15) is 0 Å². The van der Waals surface area contributed by atoms with E-state index in [0.29, 0.717) is 36.6 Å². The van der Waals surface area contributed by atoms with Gasteiger partial charge in [0.05, 0.1) is 24.7 Å². The Morgan fingerprint density at radius 1 is 1.52 bits per heavy atom. The van der Waals surface area contributed by atoms with E-state index in [9.17, 15) is 4.79 Å². The molecule has 0 aromatic carbocycles. The third-order valence-electron chi connectivity index (χ3n) is 3.05. The number of carbonyl (C=O) groups is 1. The first-order valence-corrected chi connectivity index (χ1v) is 7.60. The summed E-state index contributed by atoms with van der Waals surface area (Å²) >= 11 is 1.23. The van der Waals surface area contributed by atoms with E-state index in [1.54, 1.807) is 17.0 Å². The van der Waals surface area contributed by atoms with Gasteiger partial charge < -0.3 is 18.5 Å². The molecule has 8 heteroatoms. The van der Waals surface area contributed by atoms with Crippen molar-refractivity contribution in [2.45, 2.75) is 18.3 Å². The lowest BCUT2D eigenvalue weighted by molar-refractivity contribution is -0.135. The lowest BCUT2D eigenvalue weighted by Gasteiger charge is -2.30. The van der Waals surface area contributed by atoms with Crippen LogP contribution < -0.4 is 0 Å². The van der Waals surface area contributed by atoms with Gasteiger partial charge >= 0.3 is 0 Å². The lowest BCUT2D eigenvalue weighted by Crippen LogP contribution is -2.45. The van der Waals surface area contributed by atoms with Crippen molar-refractivity contribution < 1.29 is 18.4 Å². The van der Waals surface area contributed by atoms with Crippen LogP contribution in [0.15, 0.2) is 32.5 Å². The lowest BCUT2D eigenvalue weighted by atomic mass is 10.3. The second-order valence-electron chi connectivity index (χ2n) is 4.66. The van der Waals surface area contributed by atoms with E-state index in [1.165, 1.54) is 18.0 Å². The van der Waals surface area contributed by atoms with E-state index in [0.717, 1.165) is 0 Å². The maximum absolute atomic E-state index is 12.1. The van der Waals surface area contributed by atoms with Crippen LogP contribution in [0, 0.1) is 0 Å². The van der Waals surface area contributed by atoms with Crippen molar-refractivity contribution in [2.75, 3.05) is 25.4 Å². The van der Waals surface area contributed by atoms with Crippen LogP contribution in [0.5, 0.6) is 0 Å². The average Bonchev–Trinajstić information content (AvgIpc) is 3.15. The normalized spacial score (nSPS) is 18.9. The number of amides is 1. The number of nitrogens with zero attached hydrogens (tertiary/aromatic N) is 3. The third kappa shape index (κ3) is 3.45. The fourth-order valence-electron chi connectivity index (χ4n) is 2.03. The van der Waals surface area contributed by atoms with Crippen LogP contribution in [0.2, 0.25) is 0 Å². The number of aromatic nitrogens is 2. The molecule has 1 aliphatic heterocycles. The van der Waals surface area contributed by atoms with Crippen molar-refractivity contribution in [3.8, 4) is 11.7 Å². The fraction of sp³-hybridized carbons (Fsp3) is 0.462. The number of hydrogen-bond acceptors (Lipinski definition) is 7. The topological polar surface area (TPSA) is 81.6 Å². The van der Waals surface area contributed by atoms with Crippen LogP contribution in [0.25, 0.3) is 11.7 Å². The first-order valence-electron chi connectivity index (χ1n) is 6.62. The SMILES string of the molecule is CC1CN(C(=O)CSc2nnc(-c3ccco3)o2)CCO1. The van der Waals surface area contributed by atoms with Crippen molar-refractivity contribution in [2.24, 2.45) is 0 Å². The van der Waals surface area contributed by atoms with Gasteiger partial charge in [-0.25, -0.2) is 0 Å². The van der Waals surface area contributed by atoms with Gasteiger partial charge in [0, 0.05) is 13.1 Å². The van der Waals surface area contributed by atoms with Crippen LogP contribution in [0.4, 0.5) is 0 Å². The molecule has 7 nitrogen and oxygen atoms in total. The minimum absolute atomic E-state index is 0.0490. The summed E-state index contributed by atoms with van der Waals surface area (Å²) in [6.07, 6.45) is 1.62. The molecule has 0 bridgehead atoms. The zero-order valence-corrected chi connectivity index (χ0v) is 12.3. The molecule has 0 aliphatic carbocycles. The largest absolute Gasteiger partial charge is 0.459 e. The van der Waals surface area contributed by atoms with Crippen molar-refractivity contribution in [3.05, 3.63) is 18.4 Å². The average molecular weight is 309 g/mol. The summed E-state index contributed by atoms with van der Waals surface area (Å²) in [5.41, 5.74) is 0. The Bertz CT molecular complexity index is 598. The Morgan fingerprint density at radius 2 is 2.43 bits per heavy atom. The van der Waals surface area contributed by atoms with Gasteiger partial charge in [0.25, 0.3) is 11.1 Å². The van der Waals surface area contributed by atoms with Crippen LogP contribution in [-0.4, -0.2) is 52.6 Å². The molecule has 0 spiro atoms. The molecular formula is C13H15N3O4S. The van der Waals surface area contributed by atoms with Gasteiger partial charge in [0.15, 0.2) is 5.76 Å². The van der Waals surface area contributed by atoms with E-state index in [-0.39, 0.29) is 17.8 Å². The Kier molecular flexibility index (Phi) is 4.26. The summed E-state index contributed by atoms with van der Waals surface area (Å²) in [7, 11) is 0. The summed E-state index contributed by atoms with van der Waals surface area (Å²) in [6, 6.07) is 3.48. The van der Waals surface area contributed by atoms with E-state index >= 15 is 0 Å². The molecule has 3 heterocycles. The number of furan rings is 1. The Labute approximate surface area is 125 Å². The van der Waals surface area contributed by atoms with Gasteiger partial charge in [-0.15, -0.1) is 10.2 Å². The summed E-state index contributed by atoms with van der Waals surface area (Å²) < 4.78 is 16.0. The minimum Gasteiger partial charge on any atom is -0.459 e. The van der Waals surface area contributed by atoms with Crippen molar-refractivity contribution in [1.29, 1.82) is 0 Å². The van der Waals surface area contributed by atoms with Crippen LogP contribution in [-0.2, 0) is 9.53 Å². The van der Waals surface area contributed by atoms with Crippen LogP contribution >= 0.6 is 11.8 Å². The number of morpholine rings is 1. The van der Waals surface area contributed by atoms with E-state index in [2.05, 4.69) is 10.2 Å². The molecule has 2 aromatic heterocycles. The molecule has 0 radical (unpaired) electrons. The number of rotatable bonds is 4. The van der Waals surface area contributed by atoms with Gasteiger partial charge in [-0.1, -0.05) is 11.8 Å². The second kappa shape index (κ2) is 6.31. The van der Waals surface area contributed by atoms with Crippen molar-refractivity contribution in [3.63, 3.8) is 0 Å². The highest BCUT2D eigenvalue weighted by Gasteiger charge is 2.22. The third-order valence-corrected chi connectivity index (χ3v) is 3.85. The maximum Gasteiger partial charge on any atom is 0.284 e. The Balaban J connectivity index is 1.54. The van der Waals surface area contributed by atoms with Gasteiger partial charge in [-0.2, -0.15) is 0 Å². The molecule has 3 rings (SSSR count). The molecule has 2 aromatic rings. The smallest absolute Gasteiger partial charge is 0.284 e. The maximum atomic E-state index is 12.1. The summed E-state index contributed by atoms with van der Waals surface area (Å²) in [5.74, 6) is 1.15.